The molecule has 0 amide bonds. The fourth-order valence-corrected chi connectivity index (χ4v) is 1.10. The van der Waals surface area contributed by atoms with Gasteiger partial charge in [-0.15, -0.1) is 0 Å². The van der Waals surface area contributed by atoms with Crippen LogP contribution in [0.2, 0.25) is 0 Å². The fraction of sp³-hybridized carbons (Fsp3) is 0.500. The molecule has 1 rings (SSSR count). The first kappa shape index (κ1) is 9.45. The van der Waals surface area contributed by atoms with Crippen molar-refractivity contribution in [3.05, 3.63) is 24.0 Å². The predicted molar refractivity (Wildman–Crippen MR) is 48.7 cm³/mol. The van der Waals surface area contributed by atoms with Gasteiger partial charge in [0.05, 0.1) is 12.4 Å². The molecule has 0 bridgehead atoms. The van der Waals surface area contributed by atoms with Crippen LogP contribution in [0.3, 0.4) is 0 Å². The lowest BCUT2D eigenvalue weighted by Gasteiger charge is -2.05. The molecule has 0 radical (unpaired) electrons. The number of rotatable bonds is 3. The minimum atomic E-state index is -0.379. The van der Waals surface area contributed by atoms with E-state index in [9.17, 15) is 4.39 Å². The van der Waals surface area contributed by atoms with Gasteiger partial charge in [-0.25, -0.2) is 14.4 Å². The molecular weight excluding hydrogens is 175 g/mol. The van der Waals surface area contributed by atoms with Crippen LogP contribution in [0.25, 0.3) is 0 Å². The van der Waals surface area contributed by atoms with Crippen molar-refractivity contribution >= 4 is 11.8 Å². The topological polar surface area (TPSA) is 25.8 Å². The molecule has 0 unspecified atom stereocenters. The number of aromatic nitrogens is 2. The zero-order valence-corrected chi connectivity index (χ0v) is 7.94. The van der Waals surface area contributed by atoms with E-state index in [4.69, 9.17) is 0 Å². The lowest BCUT2D eigenvalue weighted by atomic mass is 10.3. The first-order valence-electron chi connectivity index (χ1n) is 3.71. The third kappa shape index (κ3) is 2.77. The maximum Gasteiger partial charge on any atom is 0.159 e. The van der Waals surface area contributed by atoms with Crippen molar-refractivity contribution in [3.8, 4) is 0 Å². The Labute approximate surface area is 75.6 Å². The van der Waals surface area contributed by atoms with Gasteiger partial charge in [0.15, 0.2) is 5.82 Å². The molecule has 12 heavy (non-hydrogen) atoms. The molecule has 0 aliphatic carbocycles. The Morgan fingerprint density at radius 2 is 2.08 bits per heavy atom. The summed E-state index contributed by atoms with van der Waals surface area (Å²) in [7, 11) is 0. The summed E-state index contributed by atoms with van der Waals surface area (Å²) in [4.78, 5) is 7.73. The van der Waals surface area contributed by atoms with Gasteiger partial charge < -0.3 is 0 Å². The molecule has 0 N–H and O–H groups in total. The second-order valence-corrected chi connectivity index (χ2v) is 3.84. The first-order valence-corrected chi connectivity index (χ1v) is 5.00. The van der Waals surface area contributed by atoms with Crippen LogP contribution in [0.1, 0.15) is 12.7 Å². The van der Waals surface area contributed by atoms with Crippen molar-refractivity contribution in [1.82, 2.24) is 9.97 Å². The maximum absolute atomic E-state index is 12.4. The molecule has 0 aliphatic rings. The van der Waals surface area contributed by atoms with Crippen LogP contribution in [-0.2, 0) is 6.42 Å². The van der Waals surface area contributed by atoms with Gasteiger partial charge in [-0.3, -0.25) is 0 Å². The minimum absolute atomic E-state index is 0.379. The van der Waals surface area contributed by atoms with Crippen LogP contribution >= 0.6 is 11.8 Å². The number of nitrogens with zero attached hydrogens (tertiary/aromatic N) is 2. The van der Waals surface area contributed by atoms with Crippen molar-refractivity contribution < 1.29 is 4.39 Å². The average Bonchev–Trinajstić information content (AvgIpc) is 2.09. The van der Waals surface area contributed by atoms with Gasteiger partial charge in [0.2, 0.25) is 0 Å². The highest BCUT2D eigenvalue weighted by Crippen LogP contribution is 2.09. The molecule has 0 saturated carbocycles. The molecule has 0 aromatic carbocycles. The smallest absolute Gasteiger partial charge is 0.159 e. The van der Waals surface area contributed by atoms with E-state index in [0.717, 1.165) is 6.42 Å². The molecule has 4 heteroatoms. The van der Waals surface area contributed by atoms with E-state index >= 15 is 0 Å². The molecule has 66 valence electrons. The Hall–Kier alpha value is -0.640. The van der Waals surface area contributed by atoms with Crippen LogP contribution in [-0.4, -0.2) is 21.5 Å². The Morgan fingerprint density at radius 3 is 2.58 bits per heavy atom. The predicted octanol–water partition coefficient (Wildman–Crippen LogP) is 1.91. The van der Waals surface area contributed by atoms with E-state index in [1.807, 2.05) is 6.26 Å². The van der Waals surface area contributed by atoms with Gasteiger partial charge in [-0.05, 0) is 6.26 Å². The Balaban J connectivity index is 2.58. The monoisotopic (exact) mass is 186 g/mol. The van der Waals surface area contributed by atoms with Crippen molar-refractivity contribution in [2.24, 2.45) is 0 Å². The molecular formula is C8H11FN2S. The summed E-state index contributed by atoms with van der Waals surface area (Å²) in [5.41, 5.74) is 0. The van der Waals surface area contributed by atoms with E-state index in [1.165, 1.54) is 12.4 Å². The van der Waals surface area contributed by atoms with Crippen LogP contribution in [0, 0.1) is 5.82 Å². The largest absolute Gasteiger partial charge is 0.238 e. The minimum Gasteiger partial charge on any atom is -0.238 e. The van der Waals surface area contributed by atoms with Gasteiger partial charge in [0.25, 0.3) is 0 Å². The van der Waals surface area contributed by atoms with Crippen LogP contribution in [0.15, 0.2) is 12.4 Å². The lowest BCUT2D eigenvalue weighted by Crippen LogP contribution is -2.04. The molecule has 1 aromatic heterocycles. The van der Waals surface area contributed by atoms with Crippen molar-refractivity contribution in [2.75, 3.05) is 6.26 Å². The zero-order valence-electron chi connectivity index (χ0n) is 7.12. The highest BCUT2D eigenvalue weighted by Gasteiger charge is 2.03. The molecule has 1 aromatic rings. The number of thioether (sulfide) groups is 1. The molecule has 2 nitrogen and oxygen atoms in total. The normalized spacial score (nSPS) is 12.9. The van der Waals surface area contributed by atoms with Crippen LogP contribution in [0.5, 0.6) is 0 Å². The summed E-state index contributed by atoms with van der Waals surface area (Å²) in [5.74, 6) is 0.328. The van der Waals surface area contributed by atoms with Gasteiger partial charge in [0.1, 0.15) is 5.82 Å². The maximum atomic E-state index is 12.4. The number of hydrogen-bond donors (Lipinski definition) is 0. The van der Waals surface area contributed by atoms with Crippen molar-refractivity contribution in [1.29, 1.82) is 0 Å². The summed E-state index contributed by atoms with van der Waals surface area (Å²) in [5, 5.41) is 0.482. The molecule has 1 atom stereocenters. The van der Waals surface area contributed by atoms with Crippen LogP contribution < -0.4 is 0 Å². The molecule has 0 spiro atoms. The highest BCUT2D eigenvalue weighted by atomic mass is 32.2. The van der Waals surface area contributed by atoms with Crippen molar-refractivity contribution in [3.63, 3.8) is 0 Å². The van der Waals surface area contributed by atoms with Gasteiger partial charge in [0, 0.05) is 11.7 Å². The Bertz CT molecular complexity index is 237. The molecule has 1 heterocycles. The van der Waals surface area contributed by atoms with E-state index in [1.54, 1.807) is 11.8 Å². The fourth-order valence-electron chi connectivity index (χ4n) is 0.785. The zero-order chi connectivity index (χ0) is 8.97. The van der Waals surface area contributed by atoms with E-state index < -0.39 is 0 Å². The van der Waals surface area contributed by atoms with Gasteiger partial charge in [-0.1, -0.05) is 6.92 Å². The van der Waals surface area contributed by atoms with E-state index in [0.29, 0.717) is 11.1 Å². The van der Waals surface area contributed by atoms with Gasteiger partial charge in [-0.2, -0.15) is 11.8 Å². The summed E-state index contributed by atoms with van der Waals surface area (Å²) in [6.45, 7) is 2.09. The molecule has 0 fully saturated rings. The van der Waals surface area contributed by atoms with E-state index in [2.05, 4.69) is 16.9 Å². The summed E-state index contributed by atoms with van der Waals surface area (Å²) >= 11 is 1.75. The number of halogens is 1. The SMILES string of the molecule is CS[C@H](C)Cc1ncc(F)cn1. The Morgan fingerprint density at radius 1 is 1.50 bits per heavy atom. The molecule has 0 saturated heterocycles. The lowest BCUT2D eigenvalue weighted by molar-refractivity contribution is 0.607. The standard InChI is InChI=1S/C8H11FN2S/c1-6(12-2)3-8-10-4-7(9)5-11-8/h4-6H,3H2,1-2H3/t6-/m1/s1. The first-order chi connectivity index (χ1) is 5.72. The second kappa shape index (κ2) is 4.40. The summed E-state index contributed by atoms with van der Waals surface area (Å²) in [6.07, 6.45) is 5.24. The third-order valence-electron chi connectivity index (χ3n) is 1.55. The van der Waals surface area contributed by atoms with Gasteiger partial charge >= 0.3 is 0 Å². The summed E-state index contributed by atoms with van der Waals surface area (Å²) in [6, 6.07) is 0. The van der Waals surface area contributed by atoms with Crippen molar-refractivity contribution in [2.45, 2.75) is 18.6 Å². The van der Waals surface area contributed by atoms with Crippen LogP contribution in [0.4, 0.5) is 4.39 Å². The van der Waals surface area contributed by atoms with E-state index in [-0.39, 0.29) is 5.82 Å². The number of hydrogen-bond acceptors (Lipinski definition) is 3. The average molecular weight is 186 g/mol. The summed E-state index contributed by atoms with van der Waals surface area (Å²) < 4.78 is 12.4. The quantitative estimate of drug-likeness (QED) is 0.721. The molecule has 0 aliphatic heterocycles. The highest BCUT2D eigenvalue weighted by molar-refractivity contribution is 7.99. The Kier molecular flexibility index (Phi) is 3.47. The second-order valence-electron chi connectivity index (χ2n) is 2.57. The third-order valence-corrected chi connectivity index (χ3v) is 2.52.